The molecule has 1 saturated heterocycles. The van der Waals surface area contributed by atoms with Crippen LogP contribution in [0.4, 0.5) is 4.39 Å². The molecule has 1 aliphatic heterocycles. The number of hydrogen-bond donors (Lipinski definition) is 0. The van der Waals surface area contributed by atoms with Gasteiger partial charge >= 0.3 is 0 Å². The Kier molecular flexibility index (Phi) is 5.30. The normalized spacial score (nSPS) is 27.9. The molecule has 3 fully saturated rings. The largest absolute Gasteiger partial charge is 0.404 e. The van der Waals surface area contributed by atoms with Crippen molar-refractivity contribution in [3.05, 3.63) is 60.7 Å². The van der Waals surface area contributed by atoms with Crippen molar-refractivity contribution in [3.8, 4) is 12.3 Å². The fourth-order valence-corrected chi connectivity index (χ4v) is 10.8. The van der Waals surface area contributed by atoms with Crippen LogP contribution in [0.2, 0.25) is 5.04 Å². The SMILES string of the molecule is C#C[C@H]1[C@H]2C[C@H](C[C@H]2O[Si](c2ccccc2)(c2ccccc2)C(C)(C)C)N1C(=O)C1(F)CC1. The third-order valence-corrected chi connectivity index (χ3v) is 12.9. The van der Waals surface area contributed by atoms with Gasteiger partial charge in [-0.25, -0.2) is 4.39 Å². The Labute approximate surface area is 197 Å². The summed E-state index contributed by atoms with van der Waals surface area (Å²) < 4.78 is 22.0. The number of amides is 1. The summed E-state index contributed by atoms with van der Waals surface area (Å²) >= 11 is 0. The molecular formula is C28H32FNO2Si. The monoisotopic (exact) mass is 461 g/mol. The predicted octanol–water partition coefficient (Wildman–Crippen LogP) is 4.06. The van der Waals surface area contributed by atoms with Gasteiger partial charge in [0.25, 0.3) is 14.2 Å². The van der Waals surface area contributed by atoms with E-state index < -0.39 is 25.9 Å². The van der Waals surface area contributed by atoms with Crippen LogP contribution in [-0.4, -0.2) is 43.0 Å². The number of carbonyl (C=O) groups is 1. The maximum atomic E-state index is 14.7. The zero-order valence-corrected chi connectivity index (χ0v) is 20.6. The minimum absolute atomic E-state index is 0.0351. The molecule has 172 valence electrons. The van der Waals surface area contributed by atoms with Gasteiger partial charge in [0.15, 0.2) is 5.67 Å². The van der Waals surface area contributed by atoms with Gasteiger partial charge in [-0.15, -0.1) is 6.42 Å². The summed E-state index contributed by atoms with van der Waals surface area (Å²) in [7, 11) is -2.71. The molecule has 1 heterocycles. The van der Waals surface area contributed by atoms with E-state index in [-0.39, 0.29) is 23.1 Å². The highest BCUT2D eigenvalue weighted by molar-refractivity contribution is 6.99. The molecular weight excluding hydrogens is 429 g/mol. The molecule has 1 amide bonds. The molecule has 2 saturated carbocycles. The van der Waals surface area contributed by atoms with Crippen LogP contribution < -0.4 is 10.4 Å². The molecule has 4 atom stereocenters. The molecule has 3 nitrogen and oxygen atoms in total. The quantitative estimate of drug-likeness (QED) is 0.497. The summed E-state index contributed by atoms with van der Waals surface area (Å²) in [6.45, 7) is 6.79. The number of piperidine rings is 1. The Bertz CT molecular complexity index is 1030. The van der Waals surface area contributed by atoms with Gasteiger partial charge in [0, 0.05) is 12.0 Å². The maximum Gasteiger partial charge on any atom is 0.261 e. The first-order valence-electron chi connectivity index (χ1n) is 12.0. The molecule has 2 aliphatic carbocycles. The molecule has 2 bridgehead atoms. The van der Waals surface area contributed by atoms with Gasteiger partial charge in [0.05, 0.1) is 12.1 Å². The van der Waals surface area contributed by atoms with Crippen molar-refractivity contribution in [2.24, 2.45) is 5.92 Å². The van der Waals surface area contributed by atoms with Gasteiger partial charge in [-0.05, 0) is 41.1 Å². The van der Waals surface area contributed by atoms with E-state index in [1.54, 1.807) is 4.90 Å². The molecule has 2 aromatic rings. The molecule has 0 spiro atoms. The minimum Gasteiger partial charge on any atom is -0.404 e. The molecule has 3 aliphatic rings. The van der Waals surface area contributed by atoms with Crippen LogP contribution in [0.15, 0.2) is 60.7 Å². The summed E-state index contributed by atoms with van der Waals surface area (Å²) in [6.07, 6.45) is 8.03. The lowest BCUT2D eigenvalue weighted by molar-refractivity contribution is -0.142. The van der Waals surface area contributed by atoms with E-state index in [9.17, 15) is 9.18 Å². The van der Waals surface area contributed by atoms with Gasteiger partial charge < -0.3 is 9.33 Å². The van der Waals surface area contributed by atoms with Crippen LogP contribution in [0.5, 0.6) is 0 Å². The molecule has 0 radical (unpaired) electrons. The van der Waals surface area contributed by atoms with Crippen LogP contribution in [-0.2, 0) is 9.22 Å². The summed E-state index contributed by atoms with van der Waals surface area (Å²) in [5, 5.41) is 2.34. The van der Waals surface area contributed by atoms with Crippen LogP contribution in [0.25, 0.3) is 0 Å². The average Bonchev–Trinajstić information content (AvgIpc) is 3.29. The van der Waals surface area contributed by atoms with E-state index in [1.807, 2.05) is 12.1 Å². The molecule has 0 N–H and O–H groups in total. The van der Waals surface area contributed by atoms with Crippen LogP contribution in [0.1, 0.15) is 46.5 Å². The standard InChI is InChI=1S/C28H32FNO2Si/c1-5-24-23-18-20(30(24)26(31)28(29)16-17-28)19-25(23)32-33(27(2,3)4,21-12-8-6-9-13-21)22-14-10-7-11-15-22/h1,6-15,20,23-25H,16-19H2,2-4H3/t20-,23-,24+,25-/m1/s1. The lowest BCUT2D eigenvalue weighted by Gasteiger charge is -2.47. The van der Waals surface area contributed by atoms with Gasteiger partial charge in [-0.3, -0.25) is 4.79 Å². The first kappa shape index (κ1) is 22.4. The first-order chi connectivity index (χ1) is 15.7. The van der Waals surface area contributed by atoms with E-state index in [4.69, 9.17) is 10.8 Å². The third kappa shape index (κ3) is 3.46. The summed E-state index contributed by atoms with van der Waals surface area (Å²) in [5.41, 5.74) is -1.69. The van der Waals surface area contributed by atoms with Crippen molar-refractivity contribution in [1.82, 2.24) is 4.90 Å². The van der Waals surface area contributed by atoms with E-state index in [0.29, 0.717) is 12.8 Å². The number of alkyl halides is 1. The van der Waals surface area contributed by atoms with E-state index in [2.05, 4.69) is 75.2 Å². The van der Waals surface area contributed by atoms with Crippen molar-refractivity contribution in [2.45, 2.75) is 75.3 Å². The van der Waals surface area contributed by atoms with Crippen molar-refractivity contribution < 1.29 is 13.6 Å². The lowest BCUT2D eigenvalue weighted by atomic mass is 9.96. The predicted molar refractivity (Wildman–Crippen MR) is 132 cm³/mol. The van der Waals surface area contributed by atoms with Crippen molar-refractivity contribution in [3.63, 3.8) is 0 Å². The van der Waals surface area contributed by atoms with E-state index in [1.165, 1.54) is 10.4 Å². The zero-order valence-electron chi connectivity index (χ0n) is 19.6. The van der Waals surface area contributed by atoms with Crippen LogP contribution >= 0.6 is 0 Å². The fourth-order valence-electron chi connectivity index (χ4n) is 6.10. The fraction of sp³-hybridized carbons (Fsp3) is 0.464. The Morgan fingerprint density at radius 2 is 1.61 bits per heavy atom. The van der Waals surface area contributed by atoms with E-state index >= 15 is 0 Å². The molecule has 0 aromatic heterocycles. The third-order valence-electron chi connectivity index (χ3n) is 7.85. The Morgan fingerprint density at radius 3 is 2.06 bits per heavy atom. The number of benzene rings is 2. The van der Waals surface area contributed by atoms with Crippen LogP contribution in [0, 0.1) is 18.3 Å². The highest BCUT2D eigenvalue weighted by Crippen LogP contribution is 2.51. The van der Waals surface area contributed by atoms with Crippen molar-refractivity contribution in [1.29, 1.82) is 0 Å². The second kappa shape index (κ2) is 7.82. The smallest absolute Gasteiger partial charge is 0.261 e. The topological polar surface area (TPSA) is 29.5 Å². The van der Waals surface area contributed by atoms with Gasteiger partial charge in [0.2, 0.25) is 0 Å². The van der Waals surface area contributed by atoms with Gasteiger partial charge in [0.1, 0.15) is 0 Å². The number of nitrogens with zero attached hydrogens (tertiary/aromatic N) is 1. The van der Waals surface area contributed by atoms with Crippen molar-refractivity contribution in [2.75, 3.05) is 0 Å². The Morgan fingerprint density at radius 1 is 1.06 bits per heavy atom. The molecule has 2 aromatic carbocycles. The molecule has 5 heteroatoms. The van der Waals surface area contributed by atoms with Crippen LogP contribution in [0.3, 0.4) is 0 Å². The minimum atomic E-state index is -2.71. The number of hydrogen-bond acceptors (Lipinski definition) is 2. The zero-order chi connectivity index (χ0) is 23.4. The molecule has 5 rings (SSSR count). The summed E-state index contributed by atoms with van der Waals surface area (Å²) in [5.74, 6) is 2.47. The van der Waals surface area contributed by atoms with Gasteiger partial charge in [-0.2, -0.15) is 0 Å². The average molecular weight is 462 g/mol. The maximum absolute atomic E-state index is 14.7. The molecule has 0 unspecified atom stereocenters. The number of rotatable bonds is 5. The molecule has 33 heavy (non-hydrogen) atoms. The number of fused-ring (bicyclic) bond motifs is 2. The first-order valence-corrected chi connectivity index (χ1v) is 13.9. The Hall–Kier alpha value is -2.42. The number of halogens is 1. The van der Waals surface area contributed by atoms with Crippen molar-refractivity contribution >= 4 is 24.6 Å². The summed E-state index contributed by atoms with van der Waals surface area (Å²) in [4.78, 5) is 14.6. The van der Waals surface area contributed by atoms with Gasteiger partial charge in [-0.1, -0.05) is 87.4 Å². The van der Waals surface area contributed by atoms with E-state index in [0.717, 1.165) is 12.8 Å². The summed E-state index contributed by atoms with van der Waals surface area (Å²) in [6, 6.07) is 20.7. The highest BCUT2D eigenvalue weighted by Gasteiger charge is 2.62. The number of likely N-dealkylation sites (tertiary alicyclic amines) is 1. The number of carbonyl (C=O) groups excluding carboxylic acids is 1. The lowest BCUT2D eigenvalue weighted by Crippen LogP contribution is -2.68. The highest BCUT2D eigenvalue weighted by atomic mass is 28.4. The second-order valence-electron chi connectivity index (χ2n) is 10.9. The Balaban J connectivity index is 1.53. The number of terminal acetylenes is 1. The second-order valence-corrected chi connectivity index (χ2v) is 15.2.